The van der Waals surface area contributed by atoms with Crippen molar-refractivity contribution in [1.29, 1.82) is 0 Å². The summed E-state index contributed by atoms with van der Waals surface area (Å²) in [5.41, 5.74) is -0.135. The Hall–Kier alpha value is -1.39. The maximum Gasteiger partial charge on any atom is 0.180 e. The van der Waals surface area contributed by atoms with Gasteiger partial charge in [0.2, 0.25) is 0 Å². The minimum Gasteiger partial charge on any atom is -0.479 e. The molecule has 2 aromatic carbocycles. The Morgan fingerprint density at radius 2 is 1.62 bits per heavy atom. The molecular weight excluding hydrogens is 358 g/mol. The molecular formula is C22H28NOS2+. The molecule has 138 valence electrons. The Morgan fingerprint density at radius 3 is 2.12 bits per heavy atom. The number of hydrogen-bond acceptors (Lipinski definition) is 3. The smallest absolute Gasteiger partial charge is 0.180 e. The molecule has 0 aromatic heterocycles. The molecule has 2 aromatic rings. The summed E-state index contributed by atoms with van der Waals surface area (Å²) in [5.74, 6) is 1.80. The molecule has 2 nitrogen and oxygen atoms in total. The van der Waals surface area contributed by atoms with Gasteiger partial charge in [-0.3, -0.25) is 0 Å². The van der Waals surface area contributed by atoms with Crippen molar-refractivity contribution in [2.24, 2.45) is 4.99 Å². The summed E-state index contributed by atoms with van der Waals surface area (Å²) in [6.07, 6.45) is 1.15. The van der Waals surface area contributed by atoms with E-state index in [4.69, 9.17) is 9.73 Å². The van der Waals surface area contributed by atoms with E-state index in [1.807, 2.05) is 18.7 Å². The molecule has 0 fully saturated rings. The Balaban J connectivity index is 1.98. The minimum atomic E-state index is -0.135. The van der Waals surface area contributed by atoms with Gasteiger partial charge in [0, 0.05) is 6.92 Å². The summed E-state index contributed by atoms with van der Waals surface area (Å²) in [6, 6.07) is 17.7. The summed E-state index contributed by atoms with van der Waals surface area (Å²) in [4.78, 5) is 10.7. The van der Waals surface area contributed by atoms with E-state index in [1.54, 1.807) is 0 Å². The third-order valence-corrected chi connectivity index (χ3v) is 8.59. The highest BCUT2D eigenvalue weighted by Gasteiger charge is 2.41. The van der Waals surface area contributed by atoms with Crippen LogP contribution in [0.1, 0.15) is 41.0 Å². The lowest BCUT2D eigenvalue weighted by molar-refractivity contribution is 0.222. The summed E-state index contributed by atoms with van der Waals surface area (Å²) in [5, 5.41) is 0. The van der Waals surface area contributed by atoms with Crippen LogP contribution in [0.2, 0.25) is 0 Å². The van der Waals surface area contributed by atoms with Gasteiger partial charge in [-0.15, -0.1) is 0 Å². The fourth-order valence-corrected chi connectivity index (χ4v) is 7.41. The Morgan fingerprint density at radius 1 is 1.08 bits per heavy atom. The molecule has 0 N–H and O–H groups in total. The lowest BCUT2D eigenvalue weighted by atomic mass is 10.0. The van der Waals surface area contributed by atoms with Crippen LogP contribution in [-0.2, 0) is 15.6 Å². The van der Waals surface area contributed by atoms with E-state index in [-0.39, 0.29) is 22.5 Å². The first-order valence-corrected chi connectivity index (χ1v) is 11.4. The first kappa shape index (κ1) is 19.4. The number of fused-ring (bicyclic) bond motifs is 2. The first-order chi connectivity index (χ1) is 12.4. The molecule has 4 heteroatoms. The molecule has 1 atom stereocenters. The van der Waals surface area contributed by atoms with Crippen LogP contribution in [0.4, 0.5) is 0 Å². The predicted molar refractivity (Wildman–Crippen MR) is 114 cm³/mol. The average Bonchev–Trinajstić information content (AvgIpc) is 2.60. The van der Waals surface area contributed by atoms with Gasteiger partial charge in [-0.05, 0) is 51.5 Å². The quantitative estimate of drug-likeness (QED) is 0.347. The summed E-state index contributed by atoms with van der Waals surface area (Å²) in [6.45, 7) is 10.6. The zero-order valence-electron chi connectivity index (χ0n) is 16.3. The van der Waals surface area contributed by atoms with E-state index in [2.05, 4.69) is 76.2 Å². The van der Waals surface area contributed by atoms with E-state index in [0.29, 0.717) is 0 Å². The van der Waals surface area contributed by atoms with Crippen molar-refractivity contribution in [2.75, 3.05) is 5.75 Å². The second-order valence-electron chi connectivity index (χ2n) is 7.18. The van der Waals surface area contributed by atoms with Gasteiger partial charge in [0.1, 0.15) is 11.3 Å². The summed E-state index contributed by atoms with van der Waals surface area (Å²) in [7, 11) is 0.0236. The molecule has 0 aliphatic carbocycles. The second-order valence-corrected chi connectivity index (χ2v) is 10.2. The maximum atomic E-state index is 5.82. The fraction of sp³-hybridized carbons (Fsp3) is 0.409. The van der Waals surface area contributed by atoms with Crippen molar-refractivity contribution < 1.29 is 4.74 Å². The van der Waals surface area contributed by atoms with E-state index < -0.39 is 0 Å². The molecule has 1 heterocycles. The third-order valence-electron chi connectivity index (χ3n) is 4.50. The Labute approximate surface area is 164 Å². The largest absolute Gasteiger partial charge is 0.479 e. The van der Waals surface area contributed by atoms with Crippen LogP contribution in [0.3, 0.4) is 0 Å². The van der Waals surface area contributed by atoms with Gasteiger partial charge in [-0.25, -0.2) is 4.99 Å². The monoisotopic (exact) mass is 386 g/mol. The van der Waals surface area contributed by atoms with Crippen LogP contribution in [0.5, 0.6) is 0 Å². The zero-order chi connectivity index (χ0) is 18.7. The van der Waals surface area contributed by atoms with Crippen LogP contribution in [0, 0.1) is 0 Å². The zero-order valence-corrected chi connectivity index (χ0v) is 17.9. The highest BCUT2D eigenvalue weighted by atomic mass is 32.2. The molecule has 3 rings (SSSR count). The summed E-state index contributed by atoms with van der Waals surface area (Å²) < 4.78 is 5.82. The lowest BCUT2D eigenvalue weighted by Crippen LogP contribution is -2.34. The minimum absolute atomic E-state index is 0.0236. The topological polar surface area (TPSA) is 21.6 Å². The third kappa shape index (κ3) is 4.29. The summed E-state index contributed by atoms with van der Waals surface area (Å²) >= 11 is 1.89. The van der Waals surface area contributed by atoms with Gasteiger partial charge in [0.05, 0.1) is 26.8 Å². The molecule has 0 amide bonds. The van der Waals surface area contributed by atoms with Gasteiger partial charge >= 0.3 is 0 Å². The second kappa shape index (κ2) is 8.10. The molecule has 1 aliphatic heterocycles. The van der Waals surface area contributed by atoms with Gasteiger partial charge in [0.15, 0.2) is 15.7 Å². The molecule has 0 radical (unpaired) electrons. The average molecular weight is 387 g/mol. The van der Waals surface area contributed by atoms with Crippen LogP contribution in [-0.4, -0.2) is 23.3 Å². The van der Waals surface area contributed by atoms with Crippen LogP contribution >= 0.6 is 11.8 Å². The van der Waals surface area contributed by atoms with Gasteiger partial charge in [-0.2, -0.15) is 0 Å². The van der Waals surface area contributed by atoms with Crippen LogP contribution < -0.4 is 0 Å². The van der Waals surface area contributed by atoms with Crippen LogP contribution in [0.15, 0.2) is 73.1 Å². The molecule has 0 saturated carbocycles. The Kier molecular flexibility index (Phi) is 6.03. The highest BCUT2D eigenvalue weighted by Crippen LogP contribution is 2.46. The van der Waals surface area contributed by atoms with E-state index in [9.17, 15) is 0 Å². The number of nitrogens with zero attached hydrogens (tertiary/aromatic N) is 1. The molecule has 1 unspecified atom stereocenters. The molecule has 0 saturated heterocycles. The van der Waals surface area contributed by atoms with Crippen molar-refractivity contribution in [1.82, 2.24) is 0 Å². The van der Waals surface area contributed by atoms with E-state index in [0.717, 1.165) is 18.1 Å². The molecule has 0 bridgehead atoms. The molecule has 1 aliphatic rings. The van der Waals surface area contributed by atoms with Gasteiger partial charge < -0.3 is 4.74 Å². The molecule has 26 heavy (non-hydrogen) atoms. The van der Waals surface area contributed by atoms with Crippen molar-refractivity contribution in [2.45, 2.75) is 72.3 Å². The number of rotatable bonds is 5. The lowest BCUT2D eigenvalue weighted by Gasteiger charge is -2.27. The fourth-order valence-electron chi connectivity index (χ4n) is 3.14. The Bertz CT molecular complexity index is 757. The van der Waals surface area contributed by atoms with Gasteiger partial charge in [-0.1, -0.05) is 43.0 Å². The normalized spacial score (nSPS) is 16.8. The highest BCUT2D eigenvalue weighted by molar-refractivity contribution is 8.04. The van der Waals surface area contributed by atoms with Gasteiger partial charge in [0.25, 0.3) is 0 Å². The number of aliphatic imine (C=N–C) groups is 1. The van der Waals surface area contributed by atoms with Crippen LogP contribution in [0.25, 0.3) is 0 Å². The van der Waals surface area contributed by atoms with E-state index >= 15 is 0 Å². The van der Waals surface area contributed by atoms with Crippen molar-refractivity contribution >= 4 is 28.6 Å². The number of hydrogen-bond donors (Lipinski definition) is 0. The predicted octanol–water partition coefficient (Wildman–Crippen LogP) is 6.20. The van der Waals surface area contributed by atoms with E-state index in [1.165, 1.54) is 19.6 Å². The first-order valence-electron chi connectivity index (χ1n) is 9.22. The maximum absolute atomic E-state index is 5.82. The van der Waals surface area contributed by atoms with Crippen molar-refractivity contribution in [3.05, 3.63) is 48.5 Å². The molecule has 0 spiro atoms. The van der Waals surface area contributed by atoms with Crippen molar-refractivity contribution in [3.63, 3.8) is 0 Å². The SMILES string of the molecule is CCC(C)(C[S+]1c2ccccc2Sc2ccccc21)N=C(C)OC(C)C. The standard InChI is InChI=1S/C22H28NOS2/c1-6-22(5,23-17(4)24-16(2)3)15-26-20-13-9-7-11-18(20)25-19-12-8-10-14-21(19)26/h7-14,16H,6,15H2,1-5H3/q+1. The number of benzene rings is 2. The van der Waals surface area contributed by atoms with Crippen molar-refractivity contribution in [3.8, 4) is 0 Å². The number of ether oxygens (including phenoxy) is 1.